The molecule has 3 heterocycles. The molecule has 1 aliphatic rings. The lowest BCUT2D eigenvalue weighted by Crippen LogP contribution is -2.37. The molecule has 6 nitrogen and oxygen atoms in total. The number of fused-ring (bicyclic) bond motifs is 1. The molecule has 1 saturated heterocycles. The van der Waals surface area contributed by atoms with Gasteiger partial charge in [-0.05, 0) is 42.0 Å². The van der Waals surface area contributed by atoms with Gasteiger partial charge >= 0.3 is 0 Å². The summed E-state index contributed by atoms with van der Waals surface area (Å²) in [6.07, 6.45) is 1.95. The van der Waals surface area contributed by atoms with Gasteiger partial charge in [-0.1, -0.05) is 23.7 Å². The maximum atomic E-state index is 5.98. The molecule has 2 N–H and O–H groups in total. The van der Waals surface area contributed by atoms with E-state index in [1.165, 1.54) is 5.56 Å². The summed E-state index contributed by atoms with van der Waals surface area (Å²) in [6.45, 7) is 4.52. The molecular formula is C24H24ClN5O. The van der Waals surface area contributed by atoms with E-state index in [4.69, 9.17) is 26.3 Å². The highest BCUT2D eigenvalue weighted by atomic mass is 35.5. The molecule has 0 bridgehead atoms. The number of H-pyrrole nitrogens is 1. The number of benzene rings is 2. The fourth-order valence-corrected chi connectivity index (χ4v) is 3.91. The van der Waals surface area contributed by atoms with Gasteiger partial charge in [-0.3, -0.25) is 0 Å². The number of hydrogen-bond donors (Lipinski definition) is 2. The van der Waals surface area contributed by atoms with Crippen LogP contribution < -0.4 is 10.2 Å². The van der Waals surface area contributed by atoms with E-state index in [9.17, 15) is 0 Å². The molecular weight excluding hydrogens is 410 g/mol. The van der Waals surface area contributed by atoms with Crippen LogP contribution >= 0.6 is 11.6 Å². The van der Waals surface area contributed by atoms with E-state index < -0.39 is 0 Å². The molecule has 0 atom stereocenters. The van der Waals surface area contributed by atoms with Crippen molar-refractivity contribution < 1.29 is 4.74 Å². The maximum Gasteiger partial charge on any atom is 0.161 e. The predicted octanol–water partition coefficient (Wildman–Crippen LogP) is 4.40. The molecule has 0 saturated carbocycles. The van der Waals surface area contributed by atoms with Gasteiger partial charge < -0.3 is 19.9 Å². The van der Waals surface area contributed by atoms with Gasteiger partial charge in [-0.2, -0.15) is 0 Å². The summed E-state index contributed by atoms with van der Waals surface area (Å²) in [7, 11) is 0. The van der Waals surface area contributed by atoms with Crippen LogP contribution in [0.1, 0.15) is 11.3 Å². The molecule has 31 heavy (non-hydrogen) atoms. The average Bonchev–Trinajstić information content (AvgIpc) is 3.29. The lowest BCUT2D eigenvalue weighted by atomic mass is 10.1. The van der Waals surface area contributed by atoms with E-state index >= 15 is 0 Å². The minimum Gasteiger partial charge on any atom is -0.378 e. The third-order valence-corrected chi connectivity index (χ3v) is 5.71. The Hall–Kier alpha value is -2.93. The van der Waals surface area contributed by atoms with Crippen molar-refractivity contribution in [3.8, 4) is 11.4 Å². The Morgan fingerprint density at radius 3 is 2.65 bits per heavy atom. The Bertz CT molecular complexity index is 1170. The Morgan fingerprint density at radius 1 is 0.968 bits per heavy atom. The van der Waals surface area contributed by atoms with Crippen LogP contribution in [0, 0.1) is 0 Å². The molecule has 0 radical (unpaired) electrons. The topological polar surface area (TPSA) is 66.1 Å². The fraction of sp³-hybridized carbons (Fsp3) is 0.250. The van der Waals surface area contributed by atoms with Gasteiger partial charge in [0, 0.05) is 59.9 Å². The van der Waals surface area contributed by atoms with Crippen molar-refractivity contribution in [1.82, 2.24) is 20.3 Å². The average molecular weight is 434 g/mol. The van der Waals surface area contributed by atoms with Gasteiger partial charge in [0.15, 0.2) is 5.82 Å². The highest BCUT2D eigenvalue weighted by molar-refractivity contribution is 6.30. The van der Waals surface area contributed by atoms with E-state index in [0.717, 1.165) is 71.7 Å². The van der Waals surface area contributed by atoms with E-state index in [0.29, 0.717) is 6.54 Å². The smallest absolute Gasteiger partial charge is 0.161 e. The summed E-state index contributed by atoms with van der Waals surface area (Å²) in [5, 5.41) is 5.39. The number of aromatic amines is 1. The number of morpholine rings is 1. The zero-order valence-electron chi connectivity index (χ0n) is 17.1. The minimum absolute atomic E-state index is 0.655. The number of hydrogen-bond acceptors (Lipinski definition) is 5. The quantitative estimate of drug-likeness (QED) is 0.471. The summed E-state index contributed by atoms with van der Waals surface area (Å²) in [5.74, 6) is 1.70. The number of anilines is 1. The highest BCUT2D eigenvalue weighted by Gasteiger charge is 2.16. The number of ether oxygens (including phenoxy) is 1. The molecule has 7 heteroatoms. The van der Waals surface area contributed by atoms with Gasteiger partial charge in [0.25, 0.3) is 0 Å². The predicted molar refractivity (Wildman–Crippen MR) is 124 cm³/mol. The van der Waals surface area contributed by atoms with Crippen LogP contribution in [0.4, 0.5) is 5.82 Å². The minimum atomic E-state index is 0.655. The first-order chi connectivity index (χ1) is 15.2. The summed E-state index contributed by atoms with van der Waals surface area (Å²) in [4.78, 5) is 15.3. The van der Waals surface area contributed by atoms with Crippen LogP contribution in [-0.4, -0.2) is 41.3 Å². The number of nitrogens with zero attached hydrogens (tertiary/aromatic N) is 3. The van der Waals surface area contributed by atoms with E-state index in [-0.39, 0.29) is 0 Å². The summed E-state index contributed by atoms with van der Waals surface area (Å²) < 4.78 is 5.52. The van der Waals surface area contributed by atoms with Crippen molar-refractivity contribution in [2.24, 2.45) is 0 Å². The third kappa shape index (κ3) is 4.71. The number of rotatable bonds is 6. The Morgan fingerprint density at radius 2 is 1.81 bits per heavy atom. The third-order valence-electron chi connectivity index (χ3n) is 5.46. The van der Waals surface area contributed by atoms with Crippen molar-refractivity contribution in [3.63, 3.8) is 0 Å². The summed E-state index contributed by atoms with van der Waals surface area (Å²) in [5.41, 5.74) is 4.28. The van der Waals surface area contributed by atoms with E-state index in [2.05, 4.69) is 45.5 Å². The van der Waals surface area contributed by atoms with Crippen LogP contribution in [0.25, 0.3) is 22.3 Å². The molecule has 2 aromatic carbocycles. The van der Waals surface area contributed by atoms with Crippen LogP contribution in [0.2, 0.25) is 5.02 Å². The number of nitrogens with one attached hydrogen (secondary N) is 2. The first-order valence-corrected chi connectivity index (χ1v) is 10.9. The number of halogens is 1. The second-order valence-corrected chi connectivity index (χ2v) is 8.09. The first kappa shape index (κ1) is 20.0. The summed E-state index contributed by atoms with van der Waals surface area (Å²) >= 11 is 5.98. The number of aromatic nitrogens is 3. The molecule has 0 amide bonds. The molecule has 2 aromatic heterocycles. The summed E-state index contributed by atoms with van der Waals surface area (Å²) in [6, 6.07) is 18.3. The van der Waals surface area contributed by atoms with Gasteiger partial charge in [0.05, 0.1) is 18.9 Å². The monoisotopic (exact) mass is 433 g/mol. The van der Waals surface area contributed by atoms with Gasteiger partial charge in [0.1, 0.15) is 5.82 Å². The van der Waals surface area contributed by atoms with Gasteiger partial charge in [-0.25, -0.2) is 9.97 Å². The Kier molecular flexibility index (Phi) is 5.84. The molecule has 4 aromatic rings. The molecule has 0 aliphatic carbocycles. The first-order valence-electron chi connectivity index (χ1n) is 10.5. The second-order valence-electron chi connectivity index (χ2n) is 7.65. The van der Waals surface area contributed by atoms with E-state index in [1.54, 1.807) is 0 Å². The normalized spacial score (nSPS) is 14.3. The molecule has 5 rings (SSSR count). The largest absolute Gasteiger partial charge is 0.378 e. The zero-order valence-corrected chi connectivity index (χ0v) is 17.9. The van der Waals surface area contributed by atoms with E-state index in [1.807, 2.05) is 30.5 Å². The molecule has 1 fully saturated rings. The Balaban J connectivity index is 1.41. The van der Waals surface area contributed by atoms with Crippen LogP contribution in [0.5, 0.6) is 0 Å². The van der Waals surface area contributed by atoms with Crippen molar-refractivity contribution in [3.05, 3.63) is 77.1 Å². The lowest BCUT2D eigenvalue weighted by molar-refractivity contribution is 0.122. The molecule has 1 aliphatic heterocycles. The van der Waals surface area contributed by atoms with Crippen LogP contribution in [-0.2, 0) is 17.8 Å². The molecule has 0 spiro atoms. The molecule has 158 valence electrons. The zero-order chi connectivity index (χ0) is 21.0. The second kappa shape index (κ2) is 9.06. The lowest BCUT2D eigenvalue weighted by Gasteiger charge is -2.28. The SMILES string of the molecule is Clc1ccc(CNCc2cc(N3CCOCC3)nc(-c3ccc4[nH]ccc4c3)n2)cc1. The van der Waals surface area contributed by atoms with Gasteiger partial charge in [0.2, 0.25) is 0 Å². The van der Waals surface area contributed by atoms with Crippen molar-refractivity contribution >= 4 is 28.3 Å². The molecule has 0 unspecified atom stereocenters. The van der Waals surface area contributed by atoms with Crippen molar-refractivity contribution in [2.45, 2.75) is 13.1 Å². The van der Waals surface area contributed by atoms with Gasteiger partial charge in [-0.15, -0.1) is 0 Å². The fourth-order valence-electron chi connectivity index (χ4n) is 3.79. The highest BCUT2D eigenvalue weighted by Crippen LogP contribution is 2.24. The van der Waals surface area contributed by atoms with Crippen molar-refractivity contribution in [1.29, 1.82) is 0 Å². The van der Waals surface area contributed by atoms with Crippen LogP contribution in [0.15, 0.2) is 60.8 Å². The van der Waals surface area contributed by atoms with Crippen LogP contribution in [0.3, 0.4) is 0 Å². The Labute approximate surface area is 186 Å². The van der Waals surface area contributed by atoms with Crippen molar-refractivity contribution in [2.75, 3.05) is 31.2 Å². The maximum absolute atomic E-state index is 5.98. The standard InChI is InChI=1S/C24H24ClN5O/c25-20-4-1-17(2-5-20)15-26-16-21-14-23(30-9-11-31-12-10-30)29-24(28-21)19-3-6-22-18(13-19)7-8-27-22/h1-8,13-14,26-27H,9-12,15-16H2.